The van der Waals surface area contributed by atoms with Crippen LogP contribution in [0, 0.1) is 0 Å². The van der Waals surface area contributed by atoms with Gasteiger partial charge in [-0.05, 0) is 65.9 Å². The lowest BCUT2D eigenvalue weighted by molar-refractivity contribution is -0.140. The van der Waals surface area contributed by atoms with Gasteiger partial charge in [0.2, 0.25) is 21.8 Å². The third-order valence-electron chi connectivity index (χ3n) is 8.54. The van der Waals surface area contributed by atoms with Gasteiger partial charge in [-0.2, -0.15) is 0 Å². The van der Waals surface area contributed by atoms with Crippen molar-refractivity contribution in [2.75, 3.05) is 17.1 Å². The Kier molecular flexibility index (Phi) is 12.3. The highest BCUT2D eigenvalue weighted by Gasteiger charge is 2.34. The molecule has 1 fully saturated rings. The van der Waals surface area contributed by atoms with Crippen LogP contribution in [0.1, 0.15) is 48.8 Å². The number of hydrogen-bond acceptors (Lipinski definition) is 5. The van der Waals surface area contributed by atoms with Crippen LogP contribution in [0.3, 0.4) is 0 Å². The second-order valence-electron chi connectivity index (χ2n) is 12.2. The minimum Gasteiger partial charge on any atom is -0.489 e. The van der Waals surface area contributed by atoms with E-state index in [-0.39, 0.29) is 24.9 Å². The van der Waals surface area contributed by atoms with E-state index in [1.54, 1.807) is 24.3 Å². The van der Waals surface area contributed by atoms with Crippen LogP contribution in [-0.4, -0.2) is 50.0 Å². The van der Waals surface area contributed by atoms with Crippen molar-refractivity contribution < 1.29 is 22.7 Å². The van der Waals surface area contributed by atoms with Crippen molar-refractivity contribution in [2.24, 2.45) is 0 Å². The Hall–Kier alpha value is -4.15. The van der Waals surface area contributed by atoms with E-state index in [9.17, 15) is 18.0 Å². The number of anilines is 1. The first kappa shape index (κ1) is 35.2. The van der Waals surface area contributed by atoms with Gasteiger partial charge >= 0.3 is 0 Å². The molecule has 252 valence electrons. The predicted octanol–water partition coefficient (Wildman–Crippen LogP) is 6.88. The molecule has 0 spiro atoms. The van der Waals surface area contributed by atoms with Crippen molar-refractivity contribution in [3.05, 3.63) is 130 Å². The van der Waals surface area contributed by atoms with E-state index in [0.29, 0.717) is 18.0 Å². The molecule has 0 radical (unpaired) electrons. The lowest BCUT2D eigenvalue weighted by atomic mass is 9.94. The number of nitrogens with one attached hydrogen (secondary N) is 1. The number of sulfonamides is 1. The van der Waals surface area contributed by atoms with E-state index < -0.39 is 28.5 Å². The summed E-state index contributed by atoms with van der Waals surface area (Å²) < 4.78 is 34.2. The van der Waals surface area contributed by atoms with Crippen LogP contribution in [0.25, 0.3) is 0 Å². The zero-order valence-electron chi connectivity index (χ0n) is 27.1. The van der Waals surface area contributed by atoms with Gasteiger partial charge in [0.15, 0.2) is 0 Å². The number of halogens is 1. The van der Waals surface area contributed by atoms with Crippen molar-refractivity contribution in [3.63, 3.8) is 0 Å². The molecule has 2 amide bonds. The second kappa shape index (κ2) is 16.8. The zero-order chi connectivity index (χ0) is 33.9. The molecule has 1 aliphatic rings. The first-order chi connectivity index (χ1) is 23.2. The molecule has 1 aliphatic carbocycles. The summed E-state index contributed by atoms with van der Waals surface area (Å²) in [6.07, 6.45) is 6.42. The number of hydrogen-bond donors (Lipinski definition) is 1. The molecule has 4 aromatic carbocycles. The first-order valence-electron chi connectivity index (χ1n) is 16.3. The van der Waals surface area contributed by atoms with E-state index in [1.807, 2.05) is 84.9 Å². The lowest BCUT2D eigenvalue weighted by Crippen LogP contribution is -2.55. The lowest BCUT2D eigenvalue weighted by Gasteiger charge is -2.35. The Balaban J connectivity index is 1.43. The quantitative estimate of drug-likeness (QED) is 0.153. The van der Waals surface area contributed by atoms with Gasteiger partial charge in [0, 0.05) is 23.5 Å². The SMILES string of the molecule is CS(=O)(=O)N(CC(=O)N(Cc1ccc(Br)cc1)C(Cc1ccccc1)C(=O)NC1CCCCC1)c1ccc(OCc2ccccc2)cc1. The Morgan fingerprint density at radius 1 is 0.812 bits per heavy atom. The van der Waals surface area contributed by atoms with Crippen LogP contribution >= 0.6 is 15.9 Å². The van der Waals surface area contributed by atoms with Crippen LogP contribution in [-0.2, 0) is 39.2 Å². The maximum atomic E-state index is 14.4. The molecule has 1 N–H and O–H groups in total. The average Bonchev–Trinajstić information content (AvgIpc) is 3.09. The summed E-state index contributed by atoms with van der Waals surface area (Å²) in [5, 5.41) is 3.23. The fourth-order valence-corrected chi connectivity index (χ4v) is 7.06. The van der Waals surface area contributed by atoms with Crippen molar-refractivity contribution in [3.8, 4) is 5.75 Å². The molecule has 0 heterocycles. The van der Waals surface area contributed by atoms with Gasteiger partial charge in [-0.15, -0.1) is 0 Å². The molecule has 4 aromatic rings. The Bertz CT molecular complexity index is 1730. The van der Waals surface area contributed by atoms with Crippen LogP contribution in [0.5, 0.6) is 5.75 Å². The van der Waals surface area contributed by atoms with Crippen molar-refractivity contribution in [2.45, 2.75) is 63.8 Å². The molecule has 0 aliphatic heterocycles. The summed E-state index contributed by atoms with van der Waals surface area (Å²) >= 11 is 3.47. The van der Waals surface area contributed by atoms with Gasteiger partial charge in [-0.25, -0.2) is 8.42 Å². The number of amides is 2. The van der Waals surface area contributed by atoms with Gasteiger partial charge in [0.1, 0.15) is 24.9 Å². The summed E-state index contributed by atoms with van der Waals surface area (Å²) in [5.41, 5.74) is 3.06. The van der Waals surface area contributed by atoms with E-state index in [4.69, 9.17) is 4.74 Å². The van der Waals surface area contributed by atoms with Crippen LogP contribution in [0.15, 0.2) is 114 Å². The largest absolute Gasteiger partial charge is 0.489 e. The molecule has 48 heavy (non-hydrogen) atoms. The van der Waals surface area contributed by atoms with Gasteiger partial charge < -0.3 is 15.0 Å². The molecule has 0 saturated heterocycles. The monoisotopic (exact) mass is 731 g/mol. The van der Waals surface area contributed by atoms with Crippen LogP contribution < -0.4 is 14.4 Å². The van der Waals surface area contributed by atoms with Crippen molar-refractivity contribution in [1.82, 2.24) is 10.2 Å². The number of rotatable bonds is 14. The molecule has 1 unspecified atom stereocenters. The molecule has 8 nitrogen and oxygen atoms in total. The van der Waals surface area contributed by atoms with Crippen LogP contribution in [0.2, 0.25) is 0 Å². The fraction of sp³-hybridized carbons (Fsp3) is 0.316. The van der Waals surface area contributed by atoms with Crippen LogP contribution in [0.4, 0.5) is 5.69 Å². The Morgan fingerprint density at radius 2 is 1.42 bits per heavy atom. The minimum absolute atomic E-state index is 0.0456. The normalized spacial score (nSPS) is 14.1. The maximum absolute atomic E-state index is 14.4. The number of benzene rings is 4. The Morgan fingerprint density at radius 3 is 2.02 bits per heavy atom. The molecule has 10 heteroatoms. The van der Waals surface area contributed by atoms with Gasteiger partial charge in [0.05, 0.1) is 11.9 Å². The number of ether oxygens (including phenoxy) is 1. The molecule has 1 saturated carbocycles. The van der Waals surface area contributed by atoms with E-state index in [1.165, 1.54) is 4.90 Å². The van der Waals surface area contributed by atoms with Crippen molar-refractivity contribution >= 4 is 43.5 Å². The summed E-state index contributed by atoms with van der Waals surface area (Å²) in [5.74, 6) is -0.143. The molecule has 0 bridgehead atoms. The maximum Gasteiger partial charge on any atom is 0.244 e. The summed E-state index contributed by atoms with van der Waals surface area (Å²) in [6.45, 7) is 0.0261. The standard InChI is InChI=1S/C38H42BrN3O5S/c1-48(45,46)42(34-21-23-35(24-22-34)47-28-31-13-7-3-8-14-31)27-37(43)41(26-30-17-19-32(39)20-18-30)36(25-29-11-5-2-6-12-29)38(44)40-33-15-9-4-10-16-33/h2-3,5-8,11-14,17-24,33,36H,4,9-10,15-16,25-28H2,1H3,(H,40,44). The minimum atomic E-state index is -3.88. The summed E-state index contributed by atoms with van der Waals surface area (Å²) in [6, 6.07) is 32.7. The molecule has 0 aromatic heterocycles. The van der Waals surface area contributed by atoms with E-state index in [0.717, 1.165) is 63.8 Å². The number of nitrogens with zero attached hydrogens (tertiary/aromatic N) is 2. The molecule has 1 atom stereocenters. The smallest absolute Gasteiger partial charge is 0.244 e. The highest BCUT2D eigenvalue weighted by atomic mass is 79.9. The first-order valence-corrected chi connectivity index (χ1v) is 18.9. The summed E-state index contributed by atoms with van der Waals surface area (Å²) in [7, 11) is -3.88. The predicted molar refractivity (Wildman–Crippen MR) is 193 cm³/mol. The van der Waals surface area contributed by atoms with Gasteiger partial charge in [-0.1, -0.05) is 108 Å². The molecular formula is C38H42BrN3O5S. The average molecular weight is 733 g/mol. The third-order valence-corrected chi connectivity index (χ3v) is 10.2. The van der Waals surface area contributed by atoms with Crippen molar-refractivity contribution in [1.29, 1.82) is 0 Å². The van der Waals surface area contributed by atoms with E-state index in [2.05, 4.69) is 21.2 Å². The number of carbonyl (C=O) groups is 2. The van der Waals surface area contributed by atoms with Gasteiger partial charge in [-0.3, -0.25) is 13.9 Å². The zero-order valence-corrected chi connectivity index (χ0v) is 29.5. The highest BCUT2D eigenvalue weighted by molar-refractivity contribution is 9.10. The molecule has 5 rings (SSSR count). The number of carbonyl (C=O) groups excluding carboxylic acids is 2. The molecular weight excluding hydrogens is 690 g/mol. The second-order valence-corrected chi connectivity index (χ2v) is 15.1. The highest BCUT2D eigenvalue weighted by Crippen LogP contribution is 2.25. The Labute approximate surface area is 292 Å². The van der Waals surface area contributed by atoms with Gasteiger partial charge in [0.25, 0.3) is 0 Å². The fourth-order valence-electron chi connectivity index (χ4n) is 5.95. The summed E-state index contributed by atoms with van der Waals surface area (Å²) in [4.78, 5) is 30.0. The topological polar surface area (TPSA) is 96.0 Å². The van der Waals surface area contributed by atoms with E-state index >= 15 is 0 Å². The third kappa shape index (κ3) is 10.2.